The molecule has 1 aliphatic heterocycles. The number of nitrogens with one attached hydrogen (secondary N) is 1. The first-order valence-electron chi connectivity index (χ1n) is 9.06. The fourth-order valence-electron chi connectivity index (χ4n) is 3.15. The molecule has 0 radical (unpaired) electrons. The molecule has 0 saturated carbocycles. The molecule has 5 nitrogen and oxygen atoms in total. The van der Waals surface area contributed by atoms with Crippen molar-refractivity contribution in [2.75, 3.05) is 18.4 Å². The molecule has 2 aromatic carbocycles. The number of benzene rings is 2. The van der Waals surface area contributed by atoms with Crippen molar-refractivity contribution in [2.24, 2.45) is 5.92 Å². The van der Waals surface area contributed by atoms with E-state index in [9.17, 15) is 17.6 Å². The number of rotatable bonds is 4. The fraction of sp³-hybridized carbons (Fsp3) is 0.350. The van der Waals surface area contributed by atoms with Crippen LogP contribution in [0, 0.1) is 18.7 Å². The van der Waals surface area contributed by atoms with Crippen LogP contribution >= 0.6 is 11.6 Å². The zero-order valence-electron chi connectivity index (χ0n) is 15.7. The minimum Gasteiger partial charge on any atom is -0.322 e. The monoisotopic (exact) mass is 424 g/mol. The Labute approximate surface area is 169 Å². The van der Waals surface area contributed by atoms with Gasteiger partial charge in [-0.3, -0.25) is 4.79 Å². The maximum absolute atomic E-state index is 14.3. The molecule has 0 bridgehead atoms. The summed E-state index contributed by atoms with van der Waals surface area (Å²) in [6, 6.07) is 8.30. The number of hydrogen-bond donors (Lipinski definition) is 1. The summed E-state index contributed by atoms with van der Waals surface area (Å²) in [5.74, 6) is -1.04. The molecule has 0 aromatic heterocycles. The minimum absolute atomic E-state index is 0.0866. The number of sulfonamides is 1. The molecule has 1 N–H and O–H groups in total. The van der Waals surface area contributed by atoms with Gasteiger partial charge in [-0.05, 0) is 61.6 Å². The van der Waals surface area contributed by atoms with Gasteiger partial charge in [0.05, 0.1) is 10.5 Å². The van der Waals surface area contributed by atoms with E-state index in [-0.39, 0.29) is 10.5 Å². The van der Waals surface area contributed by atoms with Crippen molar-refractivity contribution in [2.45, 2.75) is 31.6 Å². The Morgan fingerprint density at radius 3 is 2.57 bits per heavy atom. The molecular weight excluding hydrogens is 403 g/mol. The van der Waals surface area contributed by atoms with Crippen LogP contribution in [-0.4, -0.2) is 31.7 Å². The van der Waals surface area contributed by atoms with E-state index in [0.717, 1.165) is 25.0 Å². The van der Waals surface area contributed by atoms with Crippen molar-refractivity contribution in [1.82, 2.24) is 4.31 Å². The highest BCUT2D eigenvalue weighted by Crippen LogP contribution is 2.26. The Morgan fingerprint density at radius 2 is 1.89 bits per heavy atom. The first-order chi connectivity index (χ1) is 13.2. The first-order valence-corrected chi connectivity index (χ1v) is 10.9. The molecule has 1 fully saturated rings. The Bertz CT molecular complexity index is 1000. The summed E-state index contributed by atoms with van der Waals surface area (Å²) in [5.41, 5.74) is 0.755. The lowest BCUT2D eigenvalue weighted by Gasteiger charge is -2.29. The summed E-state index contributed by atoms with van der Waals surface area (Å²) in [6.45, 7) is 4.66. The molecular formula is C20H22ClFN2O3S. The number of piperidine rings is 1. The van der Waals surface area contributed by atoms with Gasteiger partial charge in [0.15, 0.2) is 0 Å². The Hall–Kier alpha value is -1.96. The van der Waals surface area contributed by atoms with E-state index in [2.05, 4.69) is 12.2 Å². The molecule has 28 heavy (non-hydrogen) atoms. The Morgan fingerprint density at radius 1 is 1.21 bits per heavy atom. The average Bonchev–Trinajstić information content (AvgIpc) is 2.66. The number of halogens is 2. The van der Waals surface area contributed by atoms with Gasteiger partial charge in [0.1, 0.15) is 5.82 Å². The third-order valence-electron chi connectivity index (χ3n) is 5.08. The molecule has 0 spiro atoms. The van der Waals surface area contributed by atoms with Crippen LogP contribution in [0.15, 0.2) is 41.3 Å². The molecule has 1 saturated heterocycles. The van der Waals surface area contributed by atoms with Crippen LogP contribution in [0.1, 0.15) is 35.7 Å². The second-order valence-electron chi connectivity index (χ2n) is 7.09. The van der Waals surface area contributed by atoms with Crippen molar-refractivity contribution in [3.05, 3.63) is 58.4 Å². The number of amides is 1. The highest BCUT2D eigenvalue weighted by Gasteiger charge is 2.29. The van der Waals surface area contributed by atoms with Gasteiger partial charge >= 0.3 is 0 Å². The summed E-state index contributed by atoms with van der Waals surface area (Å²) in [6.07, 6.45) is 1.56. The standard InChI is InChI=1S/C20H22ClFN2O3S/c1-13-8-10-24(11-9-13)28(26,27)15-6-7-18(22)16(12-15)20(25)23-19-5-3-4-17(21)14(19)2/h3-7,12-13H,8-11H2,1-2H3,(H,23,25). The molecule has 0 aliphatic carbocycles. The number of nitrogens with zero attached hydrogens (tertiary/aromatic N) is 1. The Kier molecular flexibility index (Phi) is 6.07. The number of carbonyl (C=O) groups excluding carboxylic acids is 1. The summed E-state index contributed by atoms with van der Waals surface area (Å²) < 4.78 is 41.5. The highest BCUT2D eigenvalue weighted by molar-refractivity contribution is 7.89. The van der Waals surface area contributed by atoms with Crippen molar-refractivity contribution < 1.29 is 17.6 Å². The van der Waals surface area contributed by atoms with E-state index >= 15 is 0 Å². The normalized spacial score (nSPS) is 16.1. The lowest BCUT2D eigenvalue weighted by molar-refractivity contribution is 0.102. The van der Waals surface area contributed by atoms with E-state index in [0.29, 0.717) is 35.3 Å². The zero-order chi connectivity index (χ0) is 20.5. The van der Waals surface area contributed by atoms with E-state index in [1.165, 1.54) is 10.4 Å². The van der Waals surface area contributed by atoms with Crippen molar-refractivity contribution in [3.63, 3.8) is 0 Å². The SMILES string of the molecule is Cc1c(Cl)cccc1NC(=O)c1cc(S(=O)(=O)N2CCC(C)CC2)ccc1F. The molecule has 3 rings (SSSR count). The van der Waals surface area contributed by atoms with E-state index in [1.54, 1.807) is 25.1 Å². The smallest absolute Gasteiger partial charge is 0.258 e. The van der Waals surface area contributed by atoms with Crippen LogP contribution in [0.4, 0.5) is 10.1 Å². The highest BCUT2D eigenvalue weighted by atomic mass is 35.5. The minimum atomic E-state index is -3.78. The van der Waals surface area contributed by atoms with E-state index in [4.69, 9.17) is 11.6 Å². The van der Waals surface area contributed by atoms with Crippen molar-refractivity contribution in [3.8, 4) is 0 Å². The van der Waals surface area contributed by atoms with Crippen molar-refractivity contribution >= 4 is 33.2 Å². The third-order valence-corrected chi connectivity index (χ3v) is 7.38. The Balaban J connectivity index is 1.89. The molecule has 150 valence electrons. The van der Waals surface area contributed by atoms with Crippen LogP contribution in [0.25, 0.3) is 0 Å². The van der Waals surface area contributed by atoms with Gasteiger partial charge in [-0.1, -0.05) is 24.6 Å². The van der Waals surface area contributed by atoms with Crippen LogP contribution in [0.5, 0.6) is 0 Å². The van der Waals surface area contributed by atoms with Gasteiger partial charge in [-0.2, -0.15) is 4.31 Å². The molecule has 0 unspecified atom stereocenters. The van der Waals surface area contributed by atoms with Crippen LogP contribution < -0.4 is 5.32 Å². The van der Waals surface area contributed by atoms with Crippen LogP contribution in [-0.2, 0) is 10.0 Å². The van der Waals surface area contributed by atoms with Crippen molar-refractivity contribution in [1.29, 1.82) is 0 Å². The van der Waals surface area contributed by atoms with Gasteiger partial charge in [0.2, 0.25) is 10.0 Å². The predicted octanol–water partition coefficient (Wildman–Crippen LogP) is 4.46. The van der Waals surface area contributed by atoms with Gasteiger partial charge in [-0.15, -0.1) is 0 Å². The number of carbonyl (C=O) groups is 1. The van der Waals surface area contributed by atoms with E-state index in [1.807, 2.05) is 0 Å². The predicted molar refractivity (Wildman–Crippen MR) is 108 cm³/mol. The number of anilines is 1. The average molecular weight is 425 g/mol. The summed E-state index contributed by atoms with van der Waals surface area (Å²) >= 11 is 6.05. The molecule has 1 aliphatic rings. The lowest BCUT2D eigenvalue weighted by atomic mass is 10.0. The second kappa shape index (κ2) is 8.19. The maximum Gasteiger partial charge on any atom is 0.258 e. The van der Waals surface area contributed by atoms with E-state index < -0.39 is 21.7 Å². The van der Waals surface area contributed by atoms with Gasteiger partial charge in [0.25, 0.3) is 5.91 Å². The van der Waals surface area contributed by atoms with Gasteiger partial charge in [-0.25, -0.2) is 12.8 Å². The van der Waals surface area contributed by atoms with Crippen LogP contribution in [0.3, 0.4) is 0 Å². The second-order valence-corrected chi connectivity index (χ2v) is 9.44. The topological polar surface area (TPSA) is 66.5 Å². The lowest BCUT2D eigenvalue weighted by Crippen LogP contribution is -2.38. The quantitative estimate of drug-likeness (QED) is 0.787. The third kappa shape index (κ3) is 4.21. The fourth-order valence-corrected chi connectivity index (χ4v) is 4.82. The summed E-state index contributed by atoms with van der Waals surface area (Å²) in [4.78, 5) is 12.5. The largest absolute Gasteiger partial charge is 0.322 e. The molecule has 2 aromatic rings. The molecule has 0 atom stereocenters. The first kappa shape index (κ1) is 20.8. The number of hydrogen-bond acceptors (Lipinski definition) is 3. The summed E-state index contributed by atoms with van der Waals surface area (Å²) in [7, 11) is -3.78. The molecule has 1 heterocycles. The zero-order valence-corrected chi connectivity index (χ0v) is 17.3. The molecule has 8 heteroatoms. The summed E-state index contributed by atoms with van der Waals surface area (Å²) in [5, 5.41) is 3.07. The molecule has 1 amide bonds. The van der Waals surface area contributed by atoms with Gasteiger partial charge < -0.3 is 5.32 Å². The van der Waals surface area contributed by atoms with Crippen LogP contribution in [0.2, 0.25) is 5.02 Å². The maximum atomic E-state index is 14.3. The van der Waals surface area contributed by atoms with Gasteiger partial charge in [0, 0.05) is 23.8 Å².